The van der Waals surface area contributed by atoms with Gasteiger partial charge in [0.15, 0.2) is 0 Å². The van der Waals surface area contributed by atoms with Crippen molar-refractivity contribution in [3.05, 3.63) is 5.82 Å². The molecule has 1 heterocycles. The van der Waals surface area contributed by atoms with Gasteiger partial charge in [0.2, 0.25) is 11.9 Å². The van der Waals surface area contributed by atoms with E-state index in [2.05, 4.69) is 35.7 Å². The number of nitrogens with zero attached hydrogens (tertiary/aromatic N) is 3. The number of aromatic nitrogens is 3. The molecule has 0 fully saturated rings. The highest BCUT2D eigenvalue weighted by atomic mass is 15.1. The summed E-state index contributed by atoms with van der Waals surface area (Å²) < 4.78 is 0. The van der Waals surface area contributed by atoms with Crippen molar-refractivity contribution in [2.45, 2.75) is 27.2 Å². The zero-order valence-electron chi connectivity index (χ0n) is 8.20. The van der Waals surface area contributed by atoms with Crippen molar-refractivity contribution in [1.82, 2.24) is 15.0 Å². The number of hydrogen-bond acceptors (Lipinski definition) is 5. The molecule has 5 heteroatoms. The van der Waals surface area contributed by atoms with Crippen LogP contribution in [0, 0.1) is 5.41 Å². The van der Waals surface area contributed by atoms with Crippen molar-refractivity contribution < 1.29 is 0 Å². The monoisotopic (exact) mass is 181 g/mol. The van der Waals surface area contributed by atoms with E-state index in [1.165, 1.54) is 0 Å². The summed E-state index contributed by atoms with van der Waals surface area (Å²) in [5.41, 5.74) is 11.0. The molecule has 1 rings (SSSR count). The van der Waals surface area contributed by atoms with Crippen LogP contribution in [-0.4, -0.2) is 15.0 Å². The average molecular weight is 181 g/mol. The summed E-state index contributed by atoms with van der Waals surface area (Å²) in [6.07, 6.45) is 0.740. The maximum Gasteiger partial charge on any atom is 0.225 e. The highest BCUT2D eigenvalue weighted by Gasteiger charge is 2.14. The molecular weight excluding hydrogens is 166 g/mol. The smallest absolute Gasteiger partial charge is 0.225 e. The molecule has 0 amide bonds. The van der Waals surface area contributed by atoms with Crippen molar-refractivity contribution in [3.8, 4) is 0 Å². The van der Waals surface area contributed by atoms with Gasteiger partial charge in [0.05, 0.1) is 0 Å². The zero-order valence-corrected chi connectivity index (χ0v) is 8.20. The fourth-order valence-electron chi connectivity index (χ4n) is 1.01. The minimum Gasteiger partial charge on any atom is -0.368 e. The Bertz CT molecular complexity index is 282. The van der Waals surface area contributed by atoms with Crippen LogP contribution in [0.4, 0.5) is 11.9 Å². The first-order valence-electron chi connectivity index (χ1n) is 4.13. The van der Waals surface area contributed by atoms with Crippen molar-refractivity contribution in [1.29, 1.82) is 0 Å². The van der Waals surface area contributed by atoms with Crippen LogP contribution >= 0.6 is 0 Å². The summed E-state index contributed by atoms with van der Waals surface area (Å²) in [5.74, 6) is 1.02. The predicted molar refractivity (Wildman–Crippen MR) is 51.8 cm³/mol. The second kappa shape index (κ2) is 3.16. The molecule has 0 saturated carbocycles. The lowest BCUT2D eigenvalue weighted by Crippen LogP contribution is -2.14. The number of rotatable bonds is 1. The summed E-state index contributed by atoms with van der Waals surface area (Å²) in [6, 6.07) is 0. The maximum atomic E-state index is 5.44. The molecule has 0 aliphatic carbocycles. The fraction of sp³-hybridized carbons (Fsp3) is 0.625. The number of nitrogens with two attached hydrogens (primary N) is 2. The molecule has 1 aromatic rings. The molecule has 0 spiro atoms. The first-order valence-corrected chi connectivity index (χ1v) is 4.13. The van der Waals surface area contributed by atoms with Gasteiger partial charge in [0.25, 0.3) is 0 Å². The molecule has 0 aromatic carbocycles. The number of anilines is 2. The third kappa shape index (κ3) is 3.23. The van der Waals surface area contributed by atoms with E-state index >= 15 is 0 Å². The molecular formula is C8H15N5. The topological polar surface area (TPSA) is 90.7 Å². The molecule has 1 aromatic heterocycles. The molecule has 0 radical (unpaired) electrons. The van der Waals surface area contributed by atoms with Gasteiger partial charge in [-0.15, -0.1) is 0 Å². The summed E-state index contributed by atoms with van der Waals surface area (Å²) >= 11 is 0. The second-order valence-corrected chi connectivity index (χ2v) is 4.21. The Morgan fingerprint density at radius 2 is 1.46 bits per heavy atom. The predicted octanol–water partition coefficient (Wildman–Crippen LogP) is 0.625. The lowest BCUT2D eigenvalue weighted by molar-refractivity contribution is 0.400. The van der Waals surface area contributed by atoms with Crippen molar-refractivity contribution in [2.75, 3.05) is 11.5 Å². The van der Waals surface area contributed by atoms with Crippen molar-refractivity contribution >= 4 is 11.9 Å². The summed E-state index contributed by atoms with van der Waals surface area (Å²) in [7, 11) is 0. The zero-order chi connectivity index (χ0) is 10.1. The van der Waals surface area contributed by atoms with Crippen LogP contribution in [-0.2, 0) is 6.42 Å². The lowest BCUT2D eigenvalue weighted by atomic mass is 9.92. The normalized spacial score (nSPS) is 11.6. The fourth-order valence-corrected chi connectivity index (χ4v) is 1.01. The molecule has 72 valence electrons. The minimum absolute atomic E-state index is 0.125. The van der Waals surface area contributed by atoms with Gasteiger partial charge in [0, 0.05) is 6.42 Å². The van der Waals surface area contributed by atoms with Crippen LogP contribution in [0.15, 0.2) is 0 Å². The molecule has 0 aliphatic heterocycles. The first-order chi connectivity index (χ1) is 5.87. The van der Waals surface area contributed by atoms with Gasteiger partial charge in [-0.25, -0.2) is 0 Å². The van der Waals surface area contributed by atoms with Crippen LogP contribution in [0.1, 0.15) is 26.6 Å². The van der Waals surface area contributed by atoms with Crippen LogP contribution in [0.5, 0.6) is 0 Å². The van der Waals surface area contributed by atoms with Gasteiger partial charge < -0.3 is 11.5 Å². The highest BCUT2D eigenvalue weighted by Crippen LogP contribution is 2.18. The number of nitrogen functional groups attached to an aromatic ring is 2. The molecule has 5 nitrogen and oxygen atoms in total. The number of hydrogen-bond donors (Lipinski definition) is 2. The van der Waals surface area contributed by atoms with E-state index in [4.69, 9.17) is 11.5 Å². The Morgan fingerprint density at radius 1 is 1.00 bits per heavy atom. The van der Waals surface area contributed by atoms with E-state index in [0.717, 1.165) is 6.42 Å². The van der Waals surface area contributed by atoms with Gasteiger partial charge >= 0.3 is 0 Å². The molecule has 0 atom stereocenters. The Labute approximate surface area is 77.6 Å². The van der Waals surface area contributed by atoms with Gasteiger partial charge in [-0.3, -0.25) is 0 Å². The maximum absolute atomic E-state index is 5.44. The third-order valence-electron chi connectivity index (χ3n) is 1.40. The van der Waals surface area contributed by atoms with Crippen molar-refractivity contribution in [3.63, 3.8) is 0 Å². The Hall–Kier alpha value is -1.39. The lowest BCUT2D eigenvalue weighted by Gasteiger charge is -2.16. The standard InChI is InChI=1S/C8H15N5/c1-8(2,3)4-5-11-6(9)13-7(10)12-5/h4H2,1-3H3,(H4,9,10,11,12,13). The molecule has 0 aliphatic rings. The van der Waals surface area contributed by atoms with Crippen LogP contribution < -0.4 is 11.5 Å². The minimum atomic E-state index is 0.125. The van der Waals surface area contributed by atoms with Crippen molar-refractivity contribution in [2.24, 2.45) is 5.41 Å². The van der Waals surface area contributed by atoms with E-state index in [1.54, 1.807) is 0 Å². The van der Waals surface area contributed by atoms with E-state index in [0.29, 0.717) is 5.82 Å². The largest absolute Gasteiger partial charge is 0.368 e. The first kappa shape index (κ1) is 9.70. The molecule has 4 N–H and O–H groups in total. The second-order valence-electron chi connectivity index (χ2n) is 4.21. The van der Waals surface area contributed by atoms with Gasteiger partial charge in [-0.05, 0) is 5.41 Å². The SMILES string of the molecule is CC(C)(C)Cc1nc(N)nc(N)n1. The highest BCUT2D eigenvalue weighted by molar-refractivity contribution is 5.25. The Balaban J connectivity index is 2.90. The third-order valence-corrected chi connectivity index (χ3v) is 1.40. The molecule has 0 unspecified atom stereocenters. The summed E-state index contributed by atoms with van der Waals surface area (Å²) in [4.78, 5) is 11.7. The quantitative estimate of drug-likeness (QED) is 0.663. The molecule has 13 heavy (non-hydrogen) atoms. The summed E-state index contributed by atoms with van der Waals surface area (Å²) in [6.45, 7) is 6.30. The van der Waals surface area contributed by atoms with E-state index < -0.39 is 0 Å². The summed E-state index contributed by atoms with van der Waals surface area (Å²) in [5, 5.41) is 0. The molecule has 0 saturated heterocycles. The van der Waals surface area contributed by atoms with Gasteiger partial charge in [-0.2, -0.15) is 15.0 Å². The van der Waals surface area contributed by atoms with Crippen LogP contribution in [0.25, 0.3) is 0 Å². The van der Waals surface area contributed by atoms with Gasteiger partial charge in [-0.1, -0.05) is 20.8 Å². The Morgan fingerprint density at radius 3 is 1.85 bits per heavy atom. The van der Waals surface area contributed by atoms with E-state index in [9.17, 15) is 0 Å². The van der Waals surface area contributed by atoms with E-state index in [1.807, 2.05) is 0 Å². The van der Waals surface area contributed by atoms with Crippen LogP contribution in [0.3, 0.4) is 0 Å². The molecule has 0 bridgehead atoms. The van der Waals surface area contributed by atoms with Crippen LogP contribution in [0.2, 0.25) is 0 Å². The Kier molecular flexibility index (Phi) is 2.36. The van der Waals surface area contributed by atoms with E-state index in [-0.39, 0.29) is 17.3 Å². The average Bonchev–Trinajstić information content (AvgIpc) is 1.78. The van der Waals surface area contributed by atoms with Gasteiger partial charge in [0.1, 0.15) is 5.82 Å².